The number of carbonyl (C=O) groups is 2. The Labute approximate surface area is 120 Å². The van der Waals surface area contributed by atoms with E-state index in [1.54, 1.807) is 0 Å². The number of hydrogen-bond acceptors (Lipinski definition) is 3. The summed E-state index contributed by atoms with van der Waals surface area (Å²) >= 11 is 0. The van der Waals surface area contributed by atoms with Crippen molar-refractivity contribution in [3.63, 3.8) is 0 Å². The van der Waals surface area contributed by atoms with E-state index < -0.39 is 0 Å². The minimum atomic E-state index is -0.235. The zero-order valence-corrected chi connectivity index (χ0v) is 13.1. The molecule has 0 radical (unpaired) electrons. The summed E-state index contributed by atoms with van der Waals surface area (Å²) in [6.45, 7) is 10.2. The van der Waals surface area contributed by atoms with Crippen LogP contribution in [0, 0.1) is 22.7 Å². The average Bonchev–Trinajstić information content (AvgIpc) is 2.62. The summed E-state index contributed by atoms with van der Waals surface area (Å²) in [5.74, 6) is 0.838. The van der Waals surface area contributed by atoms with E-state index in [-0.39, 0.29) is 28.7 Å². The molecule has 3 rings (SSSR count). The minimum Gasteiger partial charge on any atom is -0.458 e. The van der Waals surface area contributed by atoms with E-state index in [9.17, 15) is 9.59 Å². The molecular formula is C17H24O3. The molecule has 4 atom stereocenters. The van der Waals surface area contributed by atoms with Gasteiger partial charge in [-0.25, -0.2) is 0 Å². The third kappa shape index (κ3) is 1.36. The molecule has 110 valence electrons. The first-order valence-corrected chi connectivity index (χ1v) is 7.65. The van der Waals surface area contributed by atoms with E-state index in [1.165, 1.54) is 6.92 Å². The van der Waals surface area contributed by atoms with Crippen molar-refractivity contribution in [3.05, 3.63) is 11.1 Å². The second-order valence-corrected chi connectivity index (χ2v) is 7.45. The first-order chi connectivity index (χ1) is 9.23. The Morgan fingerprint density at radius 1 is 1.30 bits per heavy atom. The standard InChI is InChI=1S/C17H24O3/c1-9-6-7-12-15(20-11(3)18)14-10(2)13(19)8-17(9,14)16(12,4)5/h9,12,15H,6-8H2,1-5H3/t9-,12-,15+,17?/m1/s1. The molecule has 1 spiro atoms. The highest BCUT2D eigenvalue weighted by molar-refractivity contribution is 6.00. The molecule has 0 heterocycles. The SMILES string of the molecule is CC(=O)O[C@@H]1C2=C(C)C(=O)CC23[C@H](C)CC[C@H]1C3(C)C. The van der Waals surface area contributed by atoms with Crippen molar-refractivity contribution < 1.29 is 14.3 Å². The van der Waals surface area contributed by atoms with Gasteiger partial charge in [-0.1, -0.05) is 20.8 Å². The van der Waals surface area contributed by atoms with E-state index in [4.69, 9.17) is 4.74 Å². The van der Waals surface area contributed by atoms with Gasteiger partial charge in [0.15, 0.2) is 5.78 Å². The number of rotatable bonds is 1. The van der Waals surface area contributed by atoms with Crippen molar-refractivity contribution in [1.29, 1.82) is 0 Å². The highest BCUT2D eigenvalue weighted by Crippen LogP contribution is 2.72. The molecule has 20 heavy (non-hydrogen) atoms. The van der Waals surface area contributed by atoms with Gasteiger partial charge in [-0.3, -0.25) is 9.59 Å². The Kier molecular flexibility index (Phi) is 2.74. The predicted octanol–water partition coefficient (Wildman–Crippen LogP) is 3.28. The number of carbonyl (C=O) groups excluding carboxylic acids is 2. The number of ketones is 1. The van der Waals surface area contributed by atoms with Gasteiger partial charge in [0.05, 0.1) is 0 Å². The molecule has 0 aromatic heterocycles. The van der Waals surface area contributed by atoms with E-state index in [2.05, 4.69) is 20.8 Å². The third-order valence-corrected chi connectivity index (χ3v) is 6.51. The molecule has 3 aliphatic carbocycles. The van der Waals surface area contributed by atoms with Crippen LogP contribution in [-0.2, 0) is 14.3 Å². The zero-order chi connectivity index (χ0) is 14.9. The molecular weight excluding hydrogens is 252 g/mol. The van der Waals surface area contributed by atoms with Crippen molar-refractivity contribution in [2.24, 2.45) is 22.7 Å². The van der Waals surface area contributed by atoms with Gasteiger partial charge < -0.3 is 4.74 Å². The largest absolute Gasteiger partial charge is 0.458 e. The topological polar surface area (TPSA) is 43.4 Å². The molecule has 0 aromatic carbocycles. The quantitative estimate of drug-likeness (QED) is 0.690. The Morgan fingerprint density at radius 3 is 2.55 bits per heavy atom. The van der Waals surface area contributed by atoms with Gasteiger partial charge in [0.2, 0.25) is 0 Å². The second-order valence-electron chi connectivity index (χ2n) is 7.45. The molecule has 3 aliphatic rings. The number of esters is 1. The number of ether oxygens (including phenoxy) is 1. The van der Waals surface area contributed by atoms with Crippen LogP contribution in [0.25, 0.3) is 0 Å². The fourth-order valence-corrected chi connectivity index (χ4v) is 5.50. The van der Waals surface area contributed by atoms with Crippen LogP contribution in [0.3, 0.4) is 0 Å². The van der Waals surface area contributed by atoms with E-state index >= 15 is 0 Å². The van der Waals surface area contributed by atoms with E-state index in [0.29, 0.717) is 18.3 Å². The average molecular weight is 276 g/mol. The summed E-state index contributed by atoms with van der Waals surface area (Å²) in [7, 11) is 0. The summed E-state index contributed by atoms with van der Waals surface area (Å²) < 4.78 is 5.69. The number of allylic oxidation sites excluding steroid dienone is 1. The summed E-state index contributed by atoms with van der Waals surface area (Å²) in [6.07, 6.45) is 2.63. The van der Waals surface area contributed by atoms with E-state index in [0.717, 1.165) is 24.0 Å². The summed E-state index contributed by atoms with van der Waals surface area (Å²) in [5.41, 5.74) is 1.95. The van der Waals surface area contributed by atoms with Gasteiger partial charge >= 0.3 is 5.97 Å². The fraction of sp³-hybridized carbons (Fsp3) is 0.765. The monoisotopic (exact) mass is 276 g/mol. The van der Waals surface area contributed by atoms with Crippen LogP contribution in [0.5, 0.6) is 0 Å². The third-order valence-electron chi connectivity index (χ3n) is 6.51. The Morgan fingerprint density at radius 2 is 1.95 bits per heavy atom. The lowest BCUT2D eigenvalue weighted by Gasteiger charge is -2.50. The lowest BCUT2D eigenvalue weighted by atomic mass is 9.53. The number of Topliss-reactive ketones (excluding diaryl/α,β-unsaturated/α-hetero) is 1. The van der Waals surface area contributed by atoms with Gasteiger partial charge in [-0.15, -0.1) is 0 Å². The van der Waals surface area contributed by atoms with E-state index in [1.807, 2.05) is 6.92 Å². The molecule has 2 bridgehead atoms. The Hall–Kier alpha value is -1.12. The van der Waals surface area contributed by atoms with Gasteiger partial charge in [0.1, 0.15) is 6.10 Å². The second kappa shape index (κ2) is 3.96. The molecule has 0 amide bonds. The normalized spacial score (nSPS) is 41.9. The maximum Gasteiger partial charge on any atom is 0.303 e. The summed E-state index contributed by atoms with van der Waals surface area (Å²) in [5, 5.41) is 0. The molecule has 0 aliphatic heterocycles. The first kappa shape index (κ1) is 13.8. The molecule has 0 N–H and O–H groups in total. The van der Waals surface area contributed by atoms with Crippen molar-refractivity contribution in [2.75, 3.05) is 0 Å². The van der Waals surface area contributed by atoms with Crippen LogP contribution >= 0.6 is 0 Å². The summed E-state index contributed by atoms with van der Waals surface area (Å²) in [6, 6.07) is 0. The summed E-state index contributed by atoms with van der Waals surface area (Å²) in [4.78, 5) is 23.9. The number of hydrogen-bond donors (Lipinski definition) is 0. The zero-order valence-electron chi connectivity index (χ0n) is 13.1. The van der Waals surface area contributed by atoms with Crippen LogP contribution in [0.1, 0.15) is 53.9 Å². The minimum absolute atomic E-state index is 0.0214. The van der Waals surface area contributed by atoms with Crippen molar-refractivity contribution in [3.8, 4) is 0 Å². The lowest BCUT2D eigenvalue weighted by Crippen LogP contribution is -2.45. The van der Waals surface area contributed by atoms with Gasteiger partial charge in [-0.05, 0) is 42.2 Å². The highest BCUT2D eigenvalue weighted by atomic mass is 16.5. The predicted molar refractivity (Wildman–Crippen MR) is 76.0 cm³/mol. The fourth-order valence-electron chi connectivity index (χ4n) is 5.50. The molecule has 0 saturated heterocycles. The Bertz CT molecular complexity index is 528. The maximum atomic E-state index is 12.3. The first-order valence-electron chi connectivity index (χ1n) is 7.65. The van der Waals surface area contributed by atoms with Crippen LogP contribution < -0.4 is 0 Å². The van der Waals surface area contributed by atoms with Crippen molar-refractivity contribution in [1.82, 2.24) is 0 Å². The van der Waals surface area contributed by atoms with Gasteiger partial charge in [-0.2, -0.15) is 0 Å². The molecule has 2 fully saturated rings. The molecule has 0 aromatic rings. The van der Waals surface area contributed by atoms with Crippen molar-refractivity contribution in [2.45, 2.75) is 60.0 Å². The van der Waals surface area contributed by atoms with Gasteiger partial charge in [0.25, 0.3) is 0 Å². The van der Waals surface area contributed by atoms with Crippen LogP contribution in [0.4, 0.5) is 0 Å². The molecule has 1 unspecified atom stereocenters. The number of fused-ring (bicyclic) bond motifs is 1. The van der Waals surface area contributed by atoms with Crippen LogP contribution in [0.15, 0.2) is 11.1 Å². The maximum absolute atomic E-state index is 12.3. The molecule has 2 saturated carbocycles. The Balaban J connectivity index is 2.22. The molecule has 3 heteroatoms. The highest BCUT2D eigenvalue weighted by Gasteiger charge is 2.70. The smallest absolute Gasteiger partial charge is 0.303 e. The van der Waals surface area contributed by atoms with Crippen molar-refractivity contribution >= 4 is 11.8 Å². The van der Waals surface area contributed by atoms with Crippen LogP contribution in [0.2, 0.25) is 0 Å². The van der Waals surface area contributed by atoms with Crippen LogP contribution in [-0.4, -0.2) is 17.9 Å². The lowest BCUT2D eigenvalue weighted by molar-refractivity contribution is -0.148. The molecule has 3 nitrogen and oxygen atoms in total. The van der Waals surface area contributed by atoms with Gasteiger partial charge in [0, 0.05) is 24.7 Å².